The molecular formula is C13H16ClNO. The molecule has 0 spiro atoms. The maximum Gasteiger partial charge on any atom is 0.136 e. The van der Waals surface area contributed by atoms with Gasteiger partial charge in [0.1, 0.15) is 5.78 Å². The van der Waals surface area contributed by atoms with E-state index in [0.29, 0.717) is 18.6 Å². The molecule has 1 saturated heterocycles. The Morgan fingerprint density at radius 2 is 1.81 bits per heavy atom. The van der Waals surface area contributed by atoms with Crippen LogP contribution in [0.3, 0.4) is 0 Å². The number of carbonyl (C=O) groups is 1. The lowest BCUT2D eigenvalue weighted by Crippen LogP contribution is -2.34. The topological polar surface area (TPSA) is 20.3 Å². The number of hydrogen-bond donors (Lipinski definition) is 0. The van der Waals surface area contributed by atoms with Crippen LogP contribution in [0.25, 0.3) is 0 Å². The zero-order valence-corrected chi connectivity index (χ0v) is 10.5. The van der Waals surface area contributed by atoms with Crippen LogP contribution in [0.15, 0.2) is 12.1 Å². The van der Waals surface area contributed by atoms with Crippen molar-refractivity contribution >= 4 is 23.1 Å². The largest absolute Gasteiger partial charge is 0.369 e. The van der Waals surface area contributed by atoms with Crippen molar-refractivity contribution in [2.45, 2.75) is 26.7 Å². The van der Waals surface area contributed by atoms with E-state index in [2.05, 4.69) is 17.9 Å². The SMILES string of the molecule is Cc1cc(C)c(N2CCC(=O)CC2)c(Cl)c1. The van der Waals surface area contributed by atoms with Gasteiger partial charge in [0.15, 0.2) is 0 Å². The van der Waals surface area contributed by atoms with Gasteiger partial charge in [-0.25, -0.2) is 0 Å². The Labute approximate surface area is 101 Å². The van der Waals surface area contributed by atoms with Gasteiger partial charge >= 0.3 is 0 Å². The molecule has 0 N–H and O–H groups in total. The first-order valence-electron chi connectivity index (χ1n) is 5.61. The lowest BCUT2D eigenvalue weighted by Gasteiger charge is -2.30. The highest BCUT2D eigenvalue weighted by molar-refractivity contribution is 6.33. The molecule has 1 fully saturated rings. The van der Waals surface area contributed by atoms with Gasteiger partial charge in [0.2, 0.25) is 0 Å². The first-order valence-corrected chi connectivity index (χ1v) is 5.99. The molecule has 0 aromatic heterocycles. The van der Waals surface area contributed by atoms with Crippen LogP contribution in [0, 0.1) is 13.8 Å². The number of anilines is 1. The van der Waals surface area contributed by atoms with E-state index >= 15 is 0 Å². The van der Waals surface area contributed by atoms with E-state index in [0.717, 1.165) is 23.8 Å². The van der Waals surface area contributed by atoms with E-state index in [1.807, 2.05) is 13.0 Å². The fraction of sp³-hybridized carbons (Fsp3) is 0.462. The van der Waals surface area contributed by atoms with Crippen LogP contribution in [0.5, 0.6) is 0 Å². The molecular weight excluding hydrogens is 222 g/mol. The van der Waals surface area contributed by atoms with Gasteiger partial charge in [-0.1, -0.05) is 17.7 Å². The first-order chi connectivity index (χ1) is 7.58. The summed E-state index contributed by atoms with van der Waals surface area (Å²) in [7, 11) is 0. The van der Waals surface area contributed by atoms with E-state index < -0.39 is 0 Å². The normalized spacial score (nSPS) is 16.7. The van der Waals surface area contributed by atoms with Gasteiger partial charge < -0.3 is 4.90 Å². The molecule has 1 aliphatic heterocycles. The summed E-state index contributed by atoms with van der Waals surface area (Å²) in [5.41, 5.74) is 3.47. The van der Waals surface area contributed by atoms with Gasteiger partial charge in [-0.05, 0) is 31.0 Å². The molecule has 2 nitrogen and oxygen atoms in total. The lowest BCUT2D eigenvalue weighted by atomic mass is 10.1. The van der Waals surface area contributed by atoms with Gasteiger partial charge in [0, 0.05) is 25.9 Å². The maximum atomic E-state index is 11.2. The molecule has 0 saturated carbocycles. The second-order valence-electron chi connectivity index (χ2n) is 4.44. The highest BCUT2D eigenvalue weighted by atomic mass is 35.5. The summed E-state index contributed by atoms with van der Waals surface area (Å²) in [5, 5.41) is 0.798. The van der Waals surface area contributed by atoms with Crippen molar-refractivity contribution in [1.29, 1.82) is 0 Å². The number of Topliss-reactive ketones (excluding diaryl/α,β-unsaturated/α-hetero) is 1. The Kier molecular flexibility index (Phi) is 3.20. The second kappa shape index (κ2) is 4.46. The zero-order valence-electron chi connectivity index (χ0n) is 9.72. The third-order valence-corrected chi connectivity index (χ3v) is 3.32. The van der Waals surface area contributed by atoms with Gasteiger partial charge in [-0.15, -0.1) is 0 Å². The van der Waals surface area contributed by atoms with Crippen LogP contribution in [0.2, 0.25) is 5.02 Å². The molecule has 0 bridgehead atoms. The van der Waals surface area contributed by atoms with Crippen LogP contribution in [-0.2, 0) is 4.79 Å². The number of hydrogen-bond acceptors (Lipinski definition) is 2. The molecule has 0 amide bonds. The summed E-state index contributed by atoms with van der Waals surface area (Å²) >= 11 is 6.28. The molecule has 1 aromatic rings. The van der Waals surface area contributed by atoms with Crippen molar-refractivity contribution < 1.29 is 4.79 Å². The Hall–Kier alpha value is -1.02. The summed E-state index contributed by atoms with van der Waals surface area (Å²) in [4.78, 5) is 13.4. The van der Waals surface area contributed by atoms with Crippen LogP contribution < -0.4 is 4.90 Å². The number of nitrogens with zero attached hydrogens (tertiary/aromatic N) is 1. The molecule has 0 radical (unpaired) electrons. The molecule has 86 valence electrons. The number of piperidine rings is 1. The predicted molar refractivity (Wildman–Crippen MR) is 67.4 cm³/mol. The third kappa shape index (κ3) is 2.22. The molecule has 0 atom stereocenters. The first kappa shape index (κ1) is 11.5. The number of carbonyl (C=O) groups excluding carboxylic acids is 1. The smallest absolute Gasteiger partial charge is 0.136 e. The maximum absolute atomic E-state index is 11.2. The Balaban J connectivity index is 2.30. The van der Waals surface area contributed by atoms with Gasteiger partial charge in [-0.2, -0.15) is 0 Å². The summed E-state index contributed by atoms with van der Waals surface area (Å²) in [6.07, 6.45) is 1.29. The molecule has 2 rings (SSSR count). The van der Waals surface area contributed by atoms with E-state index in [4.69, 9.17) is 11.6 Å². The fourth-order valence-electron chi connectivity index (χ4n) is 2.29. The number of rotatable bonds is 1. The Morgan fingerprint density at radius 1 is 1.19 bits per heavy atom. The van der Waals surface area contributed by atoms with E-state index in [-0.39, 0.29) is 0 Å². The summed E-state index contributed by atoms with van der Waals surface area (Å²) in [6.45, 7) is 5.71. The molecule has 16 heavy (non-hydrogen) atoms. The quantitative estimate of drug-likeness (QED) is 0.748. The van der Waals surface area contributed by atoms with Crippen molar-refractivity contribution in [3.05, 3.63) is 28.3 Å². The molecule has 1 aliphatic rings. The average Bonchev–Trinajstić information content (AvgIpc) is 2.19. The van der Waals surface area contributed by atoms with Gasteiger partial charge in [-0.3, -0.25) is 4.79 Å². The van der Waals surface area contributed by atoms with Crippen LogP contribution in [0.4, 0.5) is 5.69 Å². The molecule has 3 heteroatoms. The highest BCUT2D eigenvalue weighted by Crippen LogP contribution is 2.32. The fourth-order valence-corrected chi connectivity index (χ4v) is 2.73. The molecule has 0 aliphatic carbocycles. The van der Waals surface area contributed by atoms with Gasteiger partial charge in [0.05, 0.1) is 10.7 Å². The number of ketones is 1. The predicted octanol–water partition coefficient (Wildman–Crippen LogP) is 3.13. The minimum atomic E-state index is 0.358. The number of aryl methyl sites for hydroxylation is 2. The number of halogens is 1. The molecule has 1 heterocycles. The summed E-state index contributed by atoms with van der Waals surface area (Å²) < 4.78 is 0. The molecule has 0 unspecified atom stereocenters. The van der Waals surface area contributed by atoms with Crippen molar-refractivity contribution in [3.8, 4) is 0 Å². The molecule has 1 aromatic carbocycles. The zero-order chi connectivity index (χ0) is 11.7. The summed E-state index contributed by atoms with van der Waals surface area (Å²) in [6, 6.07) is 4.12. The standard InChI is InChI=1S/C13H16ClNO/c1-9-7-10(2)13(12(14)8-9)15-5-3-11(16)4-6-15/h7-8H,3-6H2,1-2H3. The van der Waals surface area contributed by atoms with Crippen molar-refractivity contribution in [2.24, 2.45) is 0 Å². The third-order valence-electron chi connectivity index (χ3n) is 3.04. The second-order valence-corrected chi connectivity index (χ2v) is 4.85. The van der Waals surface area contributed by atoms with Crippen LogP contribution >= 0.6 is 11.6 Å². The van der Waals surface area contributed by atoms with Gasteiger partial charge in [0.25, 0.3) is 0 Å². The Morgan fingerprint density at radius 3 is 2.38 bits per heavy atom. The lowest BCUT2D eigenvalue weighted by molar-refractivity contribution is -0.119. The summed E-state index contributed by atoms with van der Waals surface area (Å²) in [5.74, 6) is 0.358. The van der Waals surface area contributed by atoms with E-state index in [9.17, 15) is 4.79 Å². The van der Waals surface area contributed by atoms with Crippen LogP contribution in [0.1, 0.15) is 24.0 Å². The van der Waals surface area contributed by atoms with E-state index in [1.54, 1.807) is 0 Å². The van der Waals surface area contributed by atoms with Crippen LogP contribution in [-0.4, -0.2) is 18.9 Å². The van der Waals surface area contributed by atoms with Crippen molar-refractivity contribution in [3.63, 3.8) is 0 Å². The minimum Gasteiger partial charge on any atom is -0.369 e. The van der Waals surface area contributed by atoms with Crippen molar-refractivity contribution in [1.82, 2.24) is 0 Å². The number of benzene rings is 1. The monoisotopic (exact) mass is 237 g/mol. The highest BCUT2D eigenvalue weighted by Gasteiger charge is 2.19. The van der Waals surface area contributed by atoms with E-state index in [1.165, 1.54) is 11.1 Å². The van der Waals surface area contributed by atoms with Crippen molar-refractivity contribution in [2.75, 3.05) is 18.0 Å². The minimum absolute atomic E-state index is 0.358. The Bertz CT molecular complexity index is 395. The average molecular weight is 238 g/mol.